The monoisotopic (exact) mass is 394 g/mol. The molecule has 0 bridgehead atoms. The van der Waals surface area contributed by atoms with Crippen molar-refractivity contribution in [3.05, 3.63) is 69.3 Å². The molecule has 1 amide bonds. The minimum atomic E-state index is -0.232. The van der Waals surface area contributed by atoms with Crippen LogP contribution in [0.1, 0.15) is 41.1 Å². The van der Waals surface area contributed by atoms with E-state index in [1.807, 2.05) is 0 Å². The zero-order valence-electron chi connectivity index (χ0n) is 16.9. The lowest BCUT2D eigenvalue weighted by molar-refractivity contribution is 0.0998. The van der Waals surface area contributed by atoms with E-state index in [0.29, 0.717) is 5.56 Å². The lowest BCUT2D eigenvalue weighted by Crippen LogP contribution is -2.17. The molecule has 1 heterocycles. The number of aromatic nitrogens is 1. The summed E-state index contributed by atoms with van der Waals surface area (Å²) >= 11 is 1.62. The summed E-state index contributed by atoms with van der Waals surface area (Å²) in [6.07, 6.45) is 2.02. The Hall–Kier alpha value is -2.66. The van der Waals surface area contributed by atoms with Crippen LogP contribution in [0.5, 0.6) is 5.75 Å². The molecule has 0 atom stereocenters. The van der Waals surface area contributed by atoms with Gasteiger partial charge >= 0.3 is 0 Å². The first-order valence-electron chi connectivity index (χ1n) is 9.60. The number of ether oxygens (including phenoxy) is 1. The third kappa shape index (κ3) is 4.25. The molecule has 0 radical (unpaired) electrons. The number of aryl methyl sites for hydroxylation is 2. The summed E-state index contributed by atoms with van der Waals surface area (Å²) in [5, 5.41) is 0. The van der Waals surface area contributed by atoms with Crippen LogP contribution in [0.2, 0.25) is 0 Å². The number of hydrogen-bond acceptors (Lipinski definition) is 3. The summed E-state index contributed by atoms with van der Waals surface area (Å²) in [5.74, 6) is 0.493. The second-order valence-corrected chi connectivity index (χ2v) is 7.72. The van der Waals surface area contributed by atoms with Crippen molar-refractivity contribution in [3.63, 3.8) is 0 Å². The van der Waals surface area contributed by atoms with Gasteiger partial charge < -0.3 is 9.30 Å². The van der Waals surface area contributed by atoms with Gasteiger partial charge in [0.15, 0.2) is 4.80 Å². The van der Waals surface area contributed by atoms with Crippen LogP contribution in [-0.4, -0.2) is 17.6 Å². The topological polar surface area (TPSA) is 43.6 Å². The summed E-state index contributed by atoms with van der Waals surface area (Å²) in [5.41, 5.74) is 4.14. The Kier molecular flexibility index (Phi) is 6.47. The van der Waals surface area contributed by atoms with Crippen molar-refractivity contribution in [1.29, 1.82) is 0 Å². The summed E-state index contributed by atoms with van der Waals surface area (Å²) in [6.45, 7) is 7.12. The molecule has 0 unspecified atom stereocenters. The molecule has 0 saturated carbocycles. The Morgan fingerprint density at radius 3 is 2.32 bits per heavy atom. The van der Waals surface area contributed by atoms with Crippen molar-refractivity contribution in [3.8, 4) is 17.0 Å². The maximum absolute atomic E-state index is 12.7. The van der Waals surface area contributed by atoms with E-state index < -0.39 is 0 Å². The smallest absolute Gasteiger partial charge is 0.279 e. The summed E-state index contributed by atoms with van der Waals surface area (Å²) in [4.78, 5) is 19.2. The molecular formula is C23H26N2O2S. The Balaban J connectivity index is 2.09. The SMILES string of the molecule is CCCc1sc(=NC(=O)c2ccc(OC)cc2)n(CC)c1-c1ccc(C)cc1. The molecule has 5 heteroatoms. The maximum Gasteiger partial charge on any atom is 0.279 e. The Morgan fingerprint density at radius 2 is 1.75 bits per heavy atom. The van der Waals surface area contributed by atoms with Crippen LogP contribution < -0.4 is 9.54 Å². The van der Waals surface area contributed by atoms with E-state index in [2.05, 4.69) is 54.6 Å². The standard InChI is InChI=1S/C23H26N2O2S/c1-5-7-20-21(17-10-8-16(3)9-11-17)25(6-2)23(28-20)24-22(26)18-12-14-19(27-4)15-13-18/h8-15H,5-7H2,1-4H3. The van der Waals surface area contributed by atoms with Gasteiger partial charge in [0.1, 0.15) is 5.75 Å². The lowest BCUT2D eigenvalue weighted by Gasteiger charge is -2.09. The van der Waals surface area contributed by atoms with E-state index in [1.54, 1.807) is 42.7 Å². The average molecular weight is 395 g/mol. The molecule has 0 saturated heterocycles. The maximum atomic E-state index is 12.7. The molecule has 28 heavy (non-hydrogen) atoms. The van der Waals surface area contributed by atoms with Gasteiger partial charge in [0.05, 0.1) is 12.8 Å². The van der Waals surface area contributed by atoms with Gasteiger partial charge in [-0.2, -0.15) is 4.99 Å². The molecule has 0 aliphatic carbocycles. The van der Waals surface area contributed by atoms with Crippen molar-refractivity contribution in [2.45, 2.75) is 40.2 Å². The molecule has 0 fully saturated rings. The van der Waals surface area contributed by atoms with Crippen LogP contribution in [-0.2, 0) is 13.0 Å². The van der Waals surface area contributed by atoms with Gasteiger partial charge in [-0.3, -0.25) is 4.79 Å². The minimum absolute atomic E-state index is 0.232. The Bertz CT molecular complexity index is 1010. The van der Waals surface area contributed by atoms with Crippen LogP contribution in [0.25, 0.3) is 11.3 Å². The zero-order chi connectivity index (χ0) is 20.1. The van der Waals surface area contributed by atoms with Gasteiger partial charge in [-0.25, -0.2) is 0 Å². The molecule has 1 aromatic heterocycles. The third-order valence-electron chi connectivity index (χ3n) is 4.63. The number of nitrogens with zero attached hydrogens (tertiary/aromatic N) is 2. The summed E-state index contributed by atoms with van der Waals surface area (Å²) in [7, 11) is 1.61. The number of benzene rings is 2. The number of rotatable bonds is 6. The van der Waals surface area contributed by atoms with Gasteiger partial charge in [-0.15, -0.1) is 11.3 Å². The third-order valence-corrected chi connectivity index (χ3v) is 5.77. The van der Waals surface area contributed by atoms with Crippen LogP contribution in [0, 0.1) is 6.92 Å². The summed E-state index contributed by atoms with van der Waals surface area (Å²) in [6, 6.07) is 15.6. The van der Waals surface area contributed by atoms with Crippen molar-refractivity contribution >= 4 is 17.2 Å². The highest BCUT2D eigenvalue weighted by molar-refractivity contribution is 7.09. The van der Waals surface area contributed by atoms with E-state index in [1.165, 1.54) is 21.7 Å². The van der Waals surface area contributed by atoms with Crippen molar-refractivity contribution in [2.24, 2.45) is 4.99 Å². The fourth-order valence-electron chi connectivity index (χ4n) is 3.15. The molecular weight excluding hydrogens is 368 g/mol. The number of carbonyl (C=O) groups excluding carboxylic acids is 1. The first kappa shape index (κ1) is 20.1. The summed E-state index contributed by atoms with van der Waals surface area (Å²) < 4.78 is 7.32. The first-order valence-corrected chi connectivity index (χ1v) is 10.4. The van der Waals surface area contributed by atoms with Crippen molar-refractivity contribution in [1.82, 2.24) is 4.57 Å². The minimum Gasteiger partial charge on any atom is -0.497 e. The highest BCUT2D eigenvalue weighted by Gasteiger charge is 2.15. The normalized spacial score (nSPS) is 11.6. The molecule has 146 valence electrons. The highest BCUT2D eigenvalue weighted by atomic mass is 32.1. The van der Waals surface area contributed by atoms with Crippen LogP contribution in [0.4, 0.5) is 0 Å². The fourth-order valence-corrected chi connectivity index (χ4v) is 4.46. The molecule has 0 spiro atoms. The second kappa shape index (κ2) is 9.02. The van der Waals surface area contributed by atoms with Crippen molar-refractivity contribution in [2.75, 3.05) is 7.11 Å². The van der Waals surface area contributed by atoms with E-state index in [4.69, 9.17) is 4.74 Å². The van der Waals surface area contributed by atoms with Gasteiger partial charge in [0.25, 0.3) is 5.91 Å². The van der Waals surface area contributed by atoms with Crippen LogP contribution in [0.3, 0.4) is 0 Å². The predicted octanol–water partition coefficient (Wildman–Crippen LogP) is 5.25. The highest BCUT2D eigenvalue weighted by Crippen LogP contribution is 2.27. The van der Waals surface area contributed by atoms with Crippen LogP contribution in [0.15, 0.2) is 53.5 Å². The number of methoxy groups -OCH3 is 1. The molecule has 3 aromatic rings. The van der Waals surface area contributed by atoms with Crippen LogP contribution >= 0.6 is 11.3 Å². The Labute approximate surface area is 170 Å². The molecule has 2 aromatic carbocycles. The fraction of sp³-hybridized carbons (Fsp3) is 0.304. The van der Waals surface area contributed by atoms with Gasteiger partial charge in [0, 0.05) is 17.0 Å². The Morgan fingerprint density at radius 1 is 1.07 bits per heavy atom. The van der Waals surface area contributed by atoms with E-state index in [0.717, 1.165) is 29.9 Å². The zero-order valence-corrected chi connectivity index (χ0v) is 17.7. The molecule has 0 aliphatic heterocycles. The molecule has 4 nitrogen and oxygen atoms in total. The molecule has 0 aliphatic rings. The molecule has 0 N–H and O–H groups in total. The number of thiazole rings is 1. The molecule has 3 rings (SSSR count). The largest absolute Gasteiger partial charge is 0.497 e. The first-order chi connectivity index (χ1) is 13.6. The predicted molar refractivity (Wildman–Crippen MR) is 115 cm³/mol. The second-order valence-electron chi connectivity index (χ2n) is 6.66. The average Bonchev–Trinajstić information content (AvgIpc) is 3.05. The van der Waals surface area contributed by atoms with Gasteiger partial charge in [-0.1, -0.05) is 43.2 Å². The quantitative estimate of drug-likeness (QED) is 0.573. The van der Waals surface area contributed by atoms with E-state index >= 15 is 0 Å². The van der Waals surface area contributed by atoms with Crippen molar-refractivity contribution < 1.29 is 9.53 Å². The van der Waals surface area contributed by atoms with E-state index in [9.17, 15) is 4.79 Å². The van der Waals surface area contributed by atoms with Gasteiger partial charge in [0.2, 0.25) is 0 Å². The van der Waals surface area contributed by atoms with E-state index in [-0.39, 0.29) is 5.91 Å². The number of hydrogen-bond donors (Lipinski definition) is 0. The number of amides is 1. The number of carbonyl (C=O) groups is 1. The lowest BCUT2D eigenvalue weighted by atomic mass is 10.1. The van der Waals surface area contributed by atoms with Gasteiger partial charge in [-0.05, 0) is 50.1 Å².